The molecule has 0 amide bonds. The fraction of sp³-hybridized carbons (Fsp3) is 0.227. The van der Waals surface area contributed by atoms with E-state index in [1.807, 2.05) is 18.3 Å². The maximum atomic E-state index is 6.04. The summed E-state index contributed by atoms with van der Waals surface area (Å²) in [7, 11) is 0. The van der Waals surface area contributed by atoms with Crippen LogP contribution in [0.2, 0.25) is 0 Å². The molecular weight excluding hydrogens is 388 g/mol. The molecule has 1 aliphatic heterocycles. The second-order valence-corrected chi connectivity index (χ2v) is 7.40. The van der Waals surface area contributed by atoms with Crippen molar-refractivity contribution in [2.24, 2.45) is 0 Å². The Labute approximate surface area is 162 Å². The first-order chi connectivity index (χ1) is 12.8. The number of rotatable bonds is 4. The van der Waals surface area contributed by atoms with Gasteiger partial charge in [0.05, 0.1) is 18.3 Å². The second-order valence-electron chi connectivity index (χ2n) is 6.48. The molecule has 132 valence electrons. The van der Waals surface area contributed by atoms with Crippen LogP contribution in [-0.2, 0) is 4.74 Å². The van der Waals surface area contributed by atoms with E-state index < -0.39 is 0 Å². The van der Waals surface area contributed by atoms with Gasteiger partial charge in [0.1, 0.15) is 6.10 Å². The molecule has 3 nitrogen and oxygen atoms in total. The molecule has 0 spiro atoms. The molecule has 3 aromatic rings. The van der Waals surface area contributed by atoms with Crippen molar-refractivity contribution in [2.45, 2.75) is 12.1 Å². The molecule has 1 fully saturated rings. The number of ether oxygens (including phenoxy) is 1. The highest BCUT2D eigenvalue weighted by molar-refractivity contribution is 9.10. The minimum Gasteiger partial charge on any atom is -0.369 e. The Kier molecular flexibility index (Phi) is 5.44. The summed E-state index contributed by atoms with van der Waals surface area (Å²) in [5.74, 6) is 0. The Morgan fingerprint density at radius 1 is 0.923 bits per heavy atom. The van der Waals surface area contributed by atoms with Crippen LogP contribution in [0.5, 0.6) is 0 Å². The van der Waals surface area contributed by atoms with E-state index in [9.17, 15) is 0 Å². The van der Waals surface area contributed by atoms with Crippen LogP contribution in [-0.4, -0.2) is 29.6 Å². The quantitative estimate of drug-likeness (QED) is 0.606. The van der Waals surface area contributed by atoms with E-state index in [0.717, 1.165) is 23.3 Å². The maximum absolute atomic E-state index is 6.04. The molecule has 0 N–H and O–H groups in total. The highest BCUT2D eigenvalue weighted by Crippen LogP contribution is 2.33. The maximum Gasteiger partial charge on any atom is 0.112 e. The van der Waals surface area contributed by atoms with Crippen molar-refractivity contribution < 1.29 is 4.74 Å². The predicted octanol–water partition coefficient (Wildman–Crippen LogP) is 5.01. The van der Waals surface area contributed by atoms with E-state index in [1.54, 1.807) is 0 Å². The van der Waals surface area contributed by atoms with E-state index in [0.29, 0.717) is 6.61 Å². The van der Waals surface area contributed by atoms with E-state index in [4.69, 9.17) is 4.74 Å². The van der Waals surface area contributed by atoms with Gasteiger partial charge in [0.2, 0.25) is 0 Å². The Hall–Kier alpha value is -2.01. The van der Waals surface area contributed by atoms with E-state index in [1.165, 1.54) is 11.1 Å². The number of benzene rings is 2. The van der Waals surface area contributed by atoms with E-state index in [-0.39, 0.29) is 12.1 Å². The summed E-state index contributed by atoms with van der Waals surface area (Å²) in [5.41, 5.74) is 3.60. The number of aromatic nitrogens is 1. The van der Waals surface area contributed by atoms with Gasteiger partial charge in [-0.25, -0.2) is 0 Å². The van der Waals surface area contributed by atoms with Gasteiger partial charge < -0.3 is 4.74 Å². The van der Waals surface area contributed by atoms with Crippen LogP contribution in [0, 0.1) is 0 Å². The van der Waals surface area contributed by atoms with Crippen LogP contribution in [0.1, 0.15) is 29.0 Å². The average molecular weight is 409 g/mol. The third kappa shape index (κ3) is 3.88. The predicted molar refractivity (Wildman–Crippen MR) is 107 cm³/mol. The van der Waals surface area contributed by atoms with Crippen molar-refractivity contribution >= 4 is 15.9 Å². The van der Waals surface area contributed by atoms with E-state index >= 15 is 0 Å². The summed E-state index contributed by atoms with van der Waals surface area (Å²) in [6.45, 7) is 2.43. The van der Waals surface area contributed by atoms with Gasteiger partial charge in [0.15, 0.2) is 0 Å². The van der Waals surface area contributed by atoms with Crippen LogP contribution in [0.15, 0.2) is 83.5 Å². The number of pyridine rings is 1. The number of nitrogens with zero attached hydrogens (tertiary/aromatic N) is 2. The summed E-state index contributed by atoms with van der Waals surface area (Å²) >= 11 is 3.45. The first kappa shape index (κ1) is 17.4. The summed E-state index contributed by atoms with van der Waals surface area (Å²) in [6, 6.07) is 25.7. The molecule has 1 unspecified atom stereocenters. The van der Waals surface area contributed by atoms with E-state index in [2.05, 4.69) is 86.5 Å². The number of halogens is 1. The lowest BCUT2D eigenvalue weighted by molar-refractivity contribution is -0.0422. The van der Waals surface area contributed by atoms with Gasteiger partial charge >= 0.3 is 0 Å². The third-order valence-electron chi connectivity index (χ3n) is 4.77. The lowest BCUT2D eigenvalue weighted by atomic mass is 9.96. The number of hydrogen-bond donors (Lipinski definition) is 0. The lowest BCUT2D eigenvalue weighted by Gasteiger charge is -2.38. The van der Waals surface area contributed by atoms with Gasteiger partial charge in [-0.2, -0.15) is 0 Å². The van der Waals surface area contributed by atoms with Crippen LogP contribution in [0.4, 0.5) is 0 Å². The minimum atomic E-state index is -0.00762. The zero-order valence-electron chi connectivity index (χ0n) is 14.5. The molecule has 26 heavy (non-hydrogen) atoms. The molecule has 1 aliphatic rings. The van der Waals surface area contributed by atoms with Crippen molar-refractivity contribution in [2.75, 3.05) is 19.7 Å². The van der Waals surface area contributed by atoms with Crippen LogP contribution in [0.3, 0.4) is 0 Å². The van der Waals surface area contributed by atoms with Gasteiger partial charge in [-0.3, -0.25) is 9.88 Å². The molecule has 1 aromatic heterocycles. The molecule has 0 radical (unpaired) electrons. The largest absolute Gasteiger partial charge is 0.369 e. The van der Waals surface area contributed by atoms with Crippen LogP contribution >= 0.6 is 15.9 Å². The zero-order chi connectivity index (χ0) is 17.8. The minimum absolute atomic E-state index is 0.00762. The highest BCUT2D eigenvalue weighted by atomic mass is 79.9. The molecule has 0 aliphatic carbocycles. The number of hydrogen-bond acceptors (Lipinski definition) is 3. The van der Waals surface area contributed by atoms with Gasteiger partial charge in [-0.1, -0.05) is 60.7 Å². The monoisotopic (exact) mass is 408 g/mol. The average Bonchev–Trinajstić information content (AvgIpc) is 2.71. The second kappa shape index (κ2) is 8.12. The first-order valence-corrected chi connectivity index (χ1v) is 9.67. The van der Waals surface area contributed by atoms with Crippen LogP contribution < -0.4 is 0 Å². The topological polar surface area (TPSA) is 25.4 Å². The SMILES string of the molecule is Brc1ccc(C2CN(C(c3ccccc3)c3ccccc3)CCO2)nc1. The molecule has 1 atom stereocenters. The smallest absolute Gasteiger partial charge is 0.112 e. The van der Waals surface area contributed by atoms with Crippen molar-refractivity contribution in [3.63, 3.8) is 0 Å². The normalized spacial score (nSPS) is 18.2. The number of morpholine rings is 1. The summed E-state index contributed by atoms with van der Waals surface area (Å²) < 4.78 is 7.02. The molecule has 2 aromatic carbocycles. The van der Waals surface area contributed by atoms with Gasteiger partial charge in [0.25, 0.3) is 0 Å². The van der Waals surface area contributed by atoms with Crippen molar-refractivity contribution in [1.82, 2.24) is 9.88 Å². The highest BCUT2D eigenvalue weighted by Gasteiger charge is 2.29. The Bertz CT molecular complexity index is 784. The third-order valence-corrected chi connectivity index (χ3v) is 5.24. The summed E-state index contributed by atoms with van der Waals surface area (Å²) in [5, 5.41) is 0. The Morgan fingerprint density at radius 3 is 2.15 bits per heavy atom. The molecule has 1 saturated heterocycles. The van der Waals surface area contributed by atoms with Gasteiger partial charge in [0, 0.05) is 23.8 Å². The molecular formula is C22H21BrN2O. The van der Waals surface area contributed by atoms with Crippen LogP contribution in [0.25, 0.3) is 0 Å². The van der Waals surface area contributed by atoms with Crippen molar-refractivity contribution in [3.05, 3.63) is 100 Å². The summed E-state index contributed by atoms with van der Waals surface area (Å²) in [6.07, 6.45) is 1.83. The van der Waals surface area contributed by atoms with Gasteiger partial charge in [-0.05, 0) is 39.2 Å². The molecule has 4 rings (SSSR count). The zero-order valence-corrected chi connectivity index (χ0v) is 16.0. The fourth-order valence-corrected chi connectivity index (χ4v) is 3.78. The molecule has 0 bridgehead atoms. The molecule has 2 heterocycles. The lowest BCUT2D eigenvalue weighted by Crippen LogP contribution is -2.41. The fourth-order valence-electron chi connectivity index (χ4n) is 3.55. The molecule has 0 saturated carbocycles. The standard InChI is InChI=1S/C22H21BrN2O/c23-19-11-12-20(24-15-19)21-16-25(13-14-26-21)22(17-7-3-1-4-8-17)18-9-5-2-6-10-18/h1-12,15,21-22H,13-14,16H2. The van der Waals surface area contributed by atoms with Crippen molar-refractivity contribution in [3.8, 4) is 0 Å². The Balaban J connectivity index is 1.64. The Morgan fingerprint density at radius 2 is 1.58 bits per heavy atom. The molecule has 4 heteroatoms. The first-order valence-electron chi connectivity index (χ1n) is 8.88. The van der Waals surface area contributed by atoms with Gasteiger partial charge in [-0.15, -0.1) is 0 Å². The summed E-state index contributed by atoms with van der Waals surface area (Å²) in [4.78, 5) is 7.05. The van der Waals surface area contributed by atoms with Crippen molar-refractivity contribution in [1.29, 1.82) is 0 Å².